The van der Waals surface area contributed by atoms with Gasteiger partial charge in [-0.15, -0.1) is 0 Å². The summed E-state index contributed by atoms with van der Waals surface area (Å²) in [5.74, 6) is -4.27. The molecular weight excluding hydrogens is 332 g/mol. The number of benzene rings is 2. The highest BCUT2D eigenvalue weighted by molar-refractivity contribution is 5.82. The first-order valence-corrected chi connectivity index (χ1v) is 9.33. The van der Waals surface area contributed by atoms with Gasteiger partial charge in [-0.3, -0.25) is 4.79 Å². The van der Waals surface area contributed by atoms with Gasteiger partial charge in [0.25, 0.3) is 5.92 Å². The molecule has 26 heavy (non-hydrogen) atoms. The molecule has 3 atom stereocenters. The Morgan fingerprint density at radius 2 is 1.62 bits per heavy atom. The largest absolute Gasteiger partial charge is 0.355 e. The molecule has 0 radical (unpaired) electrons. The van der Waals surface area contributed by atoms with Gasteiger partial charge in [0.2, 0.25) is 5.91 Å². The number of nitrogens with one attached hydrogen (secondary N) is 1. The molecule has 0 aliphatic heterocycles. The van der Waals surface area contributed by atoms with Crippen molar-refractivity contribution in [2.24, 2.45) is 17.8 Å². The SMILES string of the molecule is O=C(NCC(c1ccccc1)c1ccccc1)C1C2CCCC(F)(F)C21. The number of alkyl halides is 2. The number of hydrogen-bond acceptors (Lipinski definition) is 1. The molecule has 1 amide bonds. The summed E-state index contributed by atoms with van der Waals surface area (Å²) in [4.78, 5) is 12.6. The highest BCUT2D eigenvalue weighted by Gasteiger charge is 2.67. The molecule has 2 fully saturated rings. The van der Waals surface area contributed by atoms with E-state index in [1.165, 1.54) is 0 Å². The van der Waals surface area contributed by atoms with Crippen LogP contribution in [0.5, 0.6) is 0 Å². The van der Waals surface area contributed by atoms with Crippen LogP contribution in [0.4, 0.5) is 8.78 Å². The van der Waals surface area contributed by atoms with Crippen LogP contribution in [-0.4, -0.2) is 18.4 Å². The molecule has 1 N–H and O–H groups in total. The third kappa shape index (κ3) is 3.25. The smallest absolute Gasteiger partial charge is 0.252 e. The van der Waals surface area contributed by atoms with E-state index in [1.54, 1.807) is 0 Å². The highest BCUT2D eigenvalue weighted by Crippen LogP contribution is 2.61. The molecule has 2 aromatic rings. The maximum absolute atomic E-state index is 14.0. The molecule has 2 saturated carbocycles. The minimum atomic E-state index is -2.68. The zero-order valence-corrected chi connectivity index (χ0v) is 14.6. The lowest BCUT2D eigenvalue weighted by molar-refractivity contribution is -0.124. The van der Waals surface area contributed by atoms with Gasteiger partial charge in [0.15, 0.2) is 0 Å². The summed E-state index contributed by atoms with van der Waals surface area (Å²) >= 11 is 0. The van der Waals surface area contributed by atoms with E-state index in [2.05, 4.69) is 5.32 Å². The lowest BCUT2D eigenvalue weighted by atomic mass is 9.91. The highest BCUT2D eigenvalue weighted by atomic mass is 19.3. The minimum absolute atomic E-state index is 0.0163. The van der Waals surface area contributed by atoms with E-state index in [9.17, 15) is 13.6 Å². The van der Waals surface area contributed by atoms with E-state index in [0.29, 0.717) is 13.0 Å². The van der Waals surface area contributed by atoms with Crippen molar-refractivity contribution in [3.63, 3.8) is 0 Å². The van der Waals surface area contributed by atoms with Crippen LogP contribution in [0.1, 0.15) is 36.3 Å². The van der Waals surface area contributed by atoms with Crippen LogP contribution in [0.25, 0.3) is 0 Å². The zero-order chi connectivity index (χ0) is 18.1. The number of fused-ring (bicyclic) bond motifs is 1. The average Bonchev–Trinajstić information content (AvgIpc) is 3.40. The quantitative estimate of drug-likeness (QED) is 0.833. The molecule has 0 spiro atoms. The first-order chi connectivity index (χ1) is 12.6. The molecule has 4 heteroatoms. The summed E-state index contributed by atoms with van der Waals surface area (Å²) in [6.45, 7) is 0.425. The van der Waals surface area contributed by atoms with Crippen molar-refractivity contribution in [2.75, 3.05) is 6.54 Å². The van der Waals surface area contributed by atoms with Gasteiger partial charge in [0.1, 0.15) is 0 Å². The Balaban J connectivity index is 1.47. The average molecular weight is 355 g/mol. The van der Waals surface area contributed by atoms with Gasteiger partial charge in [-0.25, -0.2) is 8.78 Å². The van der Waals surface area contributed by atoms with Gasteiger partial charge >= 0.3 is 0 Å². The lowest BCUT2D eigenvalue weighted by Gasteiger charge is -2.20. The first kappa shape index (κ1) is 17.2. The summed E-state index contributed by atoms with van der Waals surface area (Å²) in [5.41, 5.74) is 2.22. The third-order valence-corrected chi connectivity index (χ3v) is 5.89. The van der Waals surface area contributed by atoms with Crippen molar-refractivity contribution in [3.05, 3.63) is 71.8 Å². The predicted octanol–water partition coefficient (Wildman–Crippen LogP) is 4.62. The molecule has 2 aliphatic carbocycles. The molecule has 0 heterocycles. The van der Waals surface area contributed by atoms with Crippen LogP contribution in [-0.2, 0) is 4.79 Å². The van der Waals surface area contributed by atoms with E-state index in [-0.39, 0.29) is 24.2 Å². The lowest BCUT2D eigenvalue weighted by Crippen LogP contribution is -2.32. The van der Waals surface area contributed by atoms with Crippen LogP contribution in [0, 0.1) is 17.8 Å². The molecule has 0 bridgehead atoms. The fraction of sp³-hybridized carbons (Fsp3) is 0.409. The van der Waals surface area contributed by atoms with E-state index in [0.717, 1.165) is 17.5 Å². The first-order valence-electron chi connectivity index (χ1n) is 9.33. The monoisotopic (exact) mass is 355 g/mol. The summed E-state index contributed by atoms with van der Waals surface area (Å²) in [5, 5.41) is 2.96. The Kier molecular flexibility index (Phi) is 4.51. The molecule has 4 rings (SSSR count). The van der Waals surface area contributed by atoms with Gasteiger partial charge in [-0.1, -0.05) is 60.7 Å². The second-order valence-electron chi connectivity index (χ2n) is 7.49. The number of amides is 1. The van der Waals surface area contributed by atoms with E-state index in [1.807, 2.05) is 60.7 Å². The van der Waals surface area contributed by atoms with E-state index < -0.39 is 17.8 Å². The van der Waals surface area contributed by atoms with Crippen LogP contribution in [0.3, 0.4) is 0 Å². The topological polar surface area (TPSA) is 29.1 Å². The van der Waals surface area contributed by atoms with Crippen LogP contribution >= 0.6 is 0 Å². The standard InChI is InChI=1S/C22H23F2NO/c23-22(24)13-7-12-17-19(20(17)22)21(26)25-14-18(15-8-3-1-4-9-15)16-10-5-2-6-11-16/h1-6,8-11,17-20H,7,12-14H2,(H,25,26). The zero-order valence-electron chi connectivity index (χ0n) is 14.6. The molecule has 0 saturated heterocycles. The van der Waals surface area contributed by atoms with Crippen molar-refractivity contribution < 1.29 is 13.6 Å². The molecule has 0 aromatic heterocycles. The summed E-state index contributed by atoms with van der Waals surface area (Å²) in [6, 6.07) is 20.0. The number of halogens is 2. The van der Waals surface area contributed by atoms with Crippen LogP contribution < -0.4 is 5.32 Å². The van der Waals surface area contributed by atoms with Crippen molar-refractivity contribution in [3.8, 4) is 0 Å². The van der Waals surface area contributed by atoms with Gasteiger partial charge in [0, 0.05) is 24.8 Å². The number of rotatable bonds is 5. The van der Waals surface area contributed by atoms with Gasteiger partial charge in [0.05, 0.1) is 5.92 Å². The fourth-order valence-electron chi connectivity index (χ4n) is 4.53. The number of hydrogen-bond donors (Lipinski definition) is 1. The van der Waals surface area contributed by atoms with Crippen molar-refractivity contribution in [1.29, 1.82) is 0 Å². The maximum atomic E-state index is 14.0. The summed E-state index contributed by atoms with van der Waals surface area (Å²) < 4.78 is 28.0. The number of carbonyl (C=O) groups excluding carboxylic acids is 1. The normalized spacial score (nSPS) is 26.2. The van der Waals surface area contributed by atoms with Gasteiger partial charge < -0.3 is 5.32 Å². The minimum Gasteiger partial charge on any atom is -0.355 e. The van der Waals surface area contributed by atoms with Gasteiger partial charge in [-0.2, -0.15) is 0 Å². The fourth-order valence-corrected chi connectivity index (χ4v) is 4.53. The third-order valence-electron chi connectivity index (χ3n) is 5.89. The molecular formula is C22H23F2NO. The van der Waals surface area contributed by atoms with Crippen LogP contribution in [0.15, 0.2) is 60.7 Å². The Morgan fingerprint density at radius 3 is 2.15 bits per heavy atom. The maximum Gasteiger partial charge on any atom is 0.252 e. The molecule has 136 valence electrons. The second-order valence-corrected chi connectivity index (χ2v) is 7.49. The number of carbonyl (C=O) groups is 1. The Morgan fingerprint density at radius 1 is 1.04 bits per heavy atom. The molecule has 2 aliphatic rings. The van der Waals surface area contributed by atoms with Crippen molar-refractivity contribution in [2.45, 2.75) is 31.1 Å². The second kappa shape index (κ2) is 6.82. The van der Waals surface area contributed by atoms with E-state index in [4.69, 9.17) is 0 Å². The Hall–Kier alpha value is -2.23. The Labute approximate surface area is 152 Å². The summed E-state index contributed by atoms with van der Waals surface area (Å²) in [6.07, 6.45) is 1.20. The van der Waals surface area contributed by atoms with Gasteiger partial charge in [-0.05, 0) is 29.9 Å². The molecule has 2 nitrogen and oxygen atoms in total. The molecule has 2 aromatic carbocycles. The summed E-state index contributed by atoms with van der Waals surface area (Å²) in [7, 11) is 0. The van der Waals surface area contributed by atoms with Crippen molar-refractivity contribution >= 4 is 5.91 Å². The Bertz CT molecular complexity index is 723. The predicted molar refractivity (Wildman–Crippen MR) is 97.0 cm³/mol. The van der Waals surface area contributed by atoms with E-state index >= 15 is 0 Å². The van der Waals surface area contributed by atoms with Crippen LogP contribution in [0.2, 0.25) is 0 Å². The molecule has 3 unspecified atom stereocenters. The van der Waals surface area contributed by atoms with Crippen molar-refractivity contribution in [1.82, 2.24) is 5.32 Å².